The second-order valence-electron chi connectivity index (χ2n) is 4.97. The Morgan fingerprint density at radius 3 is 2.47 bits per heavy atom. The summed E-state index contributed by atoms with van der Waals surface area (Å²) in [5.41, 5.74) is -1.84. The van der Waals surface area contributed by atoms with E-state index in [2.05, 4.69) is 0 Å². The van der Waals surface area contributed by atoms with Gasteiger partial charge in [0, 0.05) is 18.3 Å². The quantitative estimate of drug-likeness (QED) is 0.753. The van der Waals surface area contributed by atoms with Gasteiger partial charge < -0.3 is 9.84 Å². The molecule has 0 aromatic rings. The topological polar surface area (TPSA) is 80.7 Å². The number of carbonyl (C=O) groups excluding carboxylic acids is 2. The number of carboxylic acid groups (broad SMARTS) is 1. The number of aliphatic carboxylic acids is 1. The highest BCUT2D eigenvalue weighted by Gasteiger charge is 2.59. The van der Waals surface area contributed by atoms with Crippen molar-refractivity contribution in [1.29, 1.82) is 0 Å². The Bertz CT molecular complexity index is 362. The first-order valence-electron chi connectivity index (χ1n) is 5.61. The van der Waals surface area contributed by atoms with Gasteiger partial charge >= 0.3 is 11.9 Å². The molecule has 17 heavy (non-hydrogen) atoms. The Morgan fingerprint density at radius 1 is 1.41 bits per heavy atom. The maximum atomic E-state index is 11.9. The van der Waals surface area contributed by atoms with Crippen molar-refractivity contribution in [2.75, 3.05) is 7.11 Å². The molecule has 2 unspecified atom stereocenters. The van der Waals surface area contributed by atoms with E-state index in [4.69, 9.17) is 9.84 Å². The molecule has 1 N–H and O–H groups in total. The zero-order valence-electron chi connectivity index (χ0n) is 10.4. The molecule has 0 bridgehead atoms. The van der Waals surface area contributed by atoms with Gasteiger partial charge in [0.05, 0.1) is 12.5 Å². The van der Waals surface area contributed by atoms with E-state index in [0.717, 1.165) is 0 Å². The van der Waals surface area contributed by atoms with E-state index in [1.807, 2.05) is 0 Å². The predicted molar refractivity (Wildman–Crippen MR) is 59.3 cm³/mol. The minimum atomic E-state index is -0.960. The van der Waals surface area contributed by atoms with Gasteiger partial charge in [0.25, 0.3) is 0 Å². The zero-order chi connectivity index (χ0) is 13.3. The van der Waals surface area contributed by atoms with Crippen LogP contribution < -0.4 is 0 Å². The van der Waals surface area contributed by atoms with Crippen LogP contribution in [0.2, 0.25) is 0 Å². The van der Waals surface area contributed by atoms with Crippen molar-refractivity contribution in [3.8, 4) is 0 Å². The van der Waals surface area contributed by atoms with Gasteiger partial charge in [-0.05, 0) is 19.8 Å². The van der Waals surface area contributed by atoms with Crippen LogP contribution in [0.5, 0.6) is 0 Å². The average molecular weight is 242 g/mol. The lowest BCUT2D eigenvalue weighted by molar-refractivity contribution is -0.161. The molecule has 0 radical (unpaired) electrons. The molecule has 0 aliphatic heterocycles. The van der Waals surface area contributed by atoms with Gasteiger partial charge in [0.15, 0.2) is 0 Å². The van der Waals surface area contributed by atoms with Crippen LogP contribution >= 0.6 is 0 Å². The van der Waals surface area contributed by atoms with Gasteiger partial charge in [-0.15, -0.1) is 0 Å². The van der Waals surface area contributed by atoms with Crippen molar-refractivity contribution in [3.63, 3.8) is 0 Å². The summed E-state index contributed by atoms with van der Waals surface area (Å²) in [4.78, 5) is 34.4. The first-order valence-corrected chi connectivity index (χ1v) is 5.61. The van der Waals surface area contributed by atoms with Crippen molar-refractivity contribution >= 4 is 17.7 Å². The normalized spacial score (nSPS) is 32.5. The Hall–Kier alpha value is -1.39. The van der Waals surface area contributed by atoms with Crippen LogP contribution in [0.25, 0.3) is 0 Å². The highest BCUT2D eigenvalue weighted by atomic mass is 16.5. The maximum Gasteiger partial charge on any atom is 0.312 e. The summed E-state index contributed by atoms with van der Waals surface area (Å²) in [5.74, 6) is -1.44. The number of rotatable bonds is 4. The first kappa shape index (κ1) is 13.7. The van der Waals surface area contributed by atoms with Crippen molar-refractivity contribution in [3.05, 3.63) is 0 Å². The van der Waals surface area contributed by atoms with Crippen LogP contribution in [0.3, 0.4) is 0 Å². The van der Waals surface area contributed by atoms with Gasteiger partial charge in [-0.1, -0.05) is 6.92 Å². The largest absolute Gasteiger partial charge is 0.481 e. The summed E-state index contributed by atoms with van der Waals surface area (Å²) in [6.07, 6.45) is 0.790. The van der Waals surface area contributed by atoms with E-state index in [1.165, 1.54) is 7.11 Å². The molecule has 1 aliphatic rings. The molecule has 0 saturated heterocycles. The van der Waals surface area contributed by atoms with Gasteiger partial charge in [-0.25, -0.2) is 0 Å². The maximum absolute atomic E-state index is 11.9. The summed E-state index contributed by atoms with van der Waals surface area (Å²) >= 11 is 0. The van der Waals surface area contributed by atoms with E-state index >= 15 is 0 Å². The van der Waals surface area contributed by atoms with Crippen molar-refractivity contribution in [2.24, 2.45) is 10.8 Å². The number of carbonyl (C=O) groups is 3. The number of methoxy groups -OCH3 is 1. The van der Waals surface area contributed by atoms with Gasteiger partial charge in [-0.2, -0.15) is 0 Å². The molecule has 1 aliphatic carbocycles. The zero-order valence-corrected chi connectivity index (χ0v) is 10.4. The fraction of sp³-hybridized carbons (Fsp3) is 0.750. The molecular formula is C12H18O5. The molecule has 5 heteroatoms. The van der Waals surface area contributed by atoms with Crippen LogP contribution in [0, 0.1) is 10.8 Å². The van der Waals surface area contributed by atoms with Gasteiger partial charge in [-0.3, -0.25) is 14.4 Å². The highest BCUT2D eigenvalue weighted by molar-refractivity contribution is 5.95. The molecule has 2 atom stereocenters. The second-order valence-corrected chi connectivity index (χ2v) is 4.97. The van der Waals surface area contributed by atoms with E-state index in [1.54, 1.807) is 13.8 Å². The van der Waals surface area contributed by atoms with Gasteiger partial charge in [0.2, 0.25) is 0 Å². The van der Waals surface area contributed by atoms with E-state index in [9.17, 15) is 14.4 Å². The monoisotopic (exact) mass is 242 g/mol. The Balaban J connectivity index is 3.01. The average Bonchev–Trinajstić information content (AvgIpc) is 2.52. The fourth-order valence-electron chi connectivity index (χ4n) is 2.55. The number of esters is 1. The highest BCUT2D eigenvalue weighted by Crippen LogP contribution is 2.53. The van der Waals surface area contributed by atoms with Crippen LogP contribution in [0.4, 0.5) is 0 Å². The minimum Gasteiger partial charge on any atom is -0.481 e. The van der Waals surface area contributed by atoms with E-state index < -0.39 is 22.8 Å². The lowest BCUT2D eigenvalue weighted by atomic mass is 9.65. The van der Waals surface area contributed by atoms with Crippen LogP contribution in [-0.4, -0.2) is 29.9 Å². The third kappa shape index (κ3) is 2.06. The summed E-state index contributed by atoms with van der Waals surface area (Å²) in [7, 11) is 1.29. The number of hydrogen-bond donors (Lipinski definition) is 1. The van der Waals surface area contributed by atoms with Crippen LogP contribution in [-0.2, 0) is 19.1 Å². The fourth-order valence-corrected chi connectivity index (χ4v) is 2.55. The number of hydrogen-bond acceptors (Lipinski definition) is 4. The molecule has 0 aromatic carbocycles. The third-order valence-corrected chi connectivity index (χ3v) is 4.16. The molecule has 5 nitrogen and oxygen atoms in total. The minimum absolute atomic E-state index is 0.0494. The summed E-state index contributed by atoms with van der Waals surface area (Å²) in [6, 6.07) is 0. The van der Waals surface area contributed by atoms with Crippen LogP contribution in [0.1, 0.15) is 39.5 Å². The lowest BCUT2D eigenvalue weighted by Gasteiger charge is -2.36. The Kier molecular flexibility index (Phi) is 3.59. The van der Waals surface area contributed by atoms with Gasteiger partial charge in [0.1, 0.15) is 5.78 Å². The van der Waals surface area contributed by atoms with Crippen molar-refractivity contribution in [2.45, 2.75) is 39.5 Å². The molecule has 0 amide bonds. The Morgan fingerprint density at radius 2 is 2.00 bits per heavy atom. The number of ether oxygens (including phenoxy) is 1. The smallest absolute Gasteiger partial charge is 0.312 e. The molecule has 1 saturated carbocycles. The summed E-state index contributed by atoms with van der Waals surface area (Å²) in [5, 5.41) is 8.71. The number of ketones is 1. The van der Waals surface area contributed by atoms with Crippen molar-refractivity contribution < 1.29 is 24.2 Å². The SMILES string of the molecule is COC(=O)C1(C)CCC(=O)C1(C)CCC(=O)O. The summed E-state index contributed by atoms with van der Waals surface area (Å²) < 4.78 is 4.75. The Labute approximate surface area is 100 Å². The molecule has 1 fully saturated rings. The first-order chi connectivity index (χ1) is 7.78. The van der Waals surface area contributed by atoms with Crippen molar-refractivity contribution in [1.82, 2.24) is 0 Å². The lowest BCUT2D eigenvalue weighted by Crippen LogP contribution is -2.44. The predicted octanol–water partition coefficient (Wildman–Crippen LogP) is 1.40. The third-order valence-electron chi connectivity index (χ3n) is 4.16. The number of Topliss-reactive ketones (excluding diaryl/α,β-unsaturated/α-hetero) is 1. The standard InChI is InChI=1S/C12H18O5/c1-11(7-5-9(14)15)8(13)4-6-12(11,2)10(16)17-3/h4-7H2,1-3H3,(H,14,15). The number of carboxylic acids is 1. The molecule has 0 aromatic heterocycles. The van der Waals surface area contributed by atoms with E-state index in [0.29, 0.717) is 12.8 Å². The summed E-state index contributed by atoms with van der Waals surface area (Å²) in [6.45, 7) is 3.35. The molecule has 96 valence electrons. The molecular weight excluding hydrogens is 224 g/mol. The molecule has 1 rings (SSSR count). The molecule has 0 heterocycles. The molecule has 0 spiro atoms. The second kappa shape index (κ2) is 4.47. The van der Waals surface area contributed by atoms with E-state index in [-0.39, 0.29) is 18.6 Å². The van der Waals surface area contributed by atoms with Crippen LogP contribution in [0.15, 0.2) is 0 Å².